The summed E-state index contributed by atoms with van der Waals surface area (Å²) in [6, 6.07) is 15.4. The van der Waals surface area contributed by atoms with Gasteiger partial charge >= 0.3 is 5.97 Å². The van der Waals surface area contributed by atoms with E-state index in [-0.39, 0.29) is 25.0 Å². The molecule has 0 spiro atoms. The van der Waals surface area contributed by atoms with Crippen LogP contribution >= 0.6 is 0 Å². The molecule has 7 heteroatoms. The molecule has 1 amide bonds. The number of carbonyl (C=O) groups is 2. The molecule has 1 saturated heterocycles. The minimum absolute atomic E-state index is 0.00262. The number of fused-ring (bicyclic) bond motifs is 1. The molecule has 1 fully saturated rings. The van der Waals surface area contributed by atoms with Crippen LogP contribution in [0.4, 0.5) is 5.69 Å². The van der Waals surface area contributed by atoms with Gasteiger partial charge in [-0.1, -0.05) is 22.9 Å². The van der Waals surface area contributed by atoms with Crippen LogP contribution in [0.3, 0.4) is 0 Å². The lowest BCUT2D eigenvalue weighted by Crippen LogP contribution is -2.26. The third kappa shape index (κ3) is 3.98. The van der Waals surface area contributed by atoms with Gasteiger partial charge in [0.1, 0.15) is 24.2 Å². The largest absolute Gasteiger partial charge is 0.490 e. The van der Waals surface area contributed by atoms with Gasteiger partial charge in [0.2, 0.25) is 5.91 Å². The summed E-state index contributed by atoms with van der Waals surface area (Å²) < 4.78 is 16.6. The number of hydrogen-bond acceptors (Lipinski definition) is 6. The van der Waals surface area contributed by atoms with Gasteiger partial charge in [0, 0.05) is 36.7 Å². The number of ether oxygens (including phenoxy) is 2. The van der Waals surface area contributed by atoms with Crippen molar-refractivity contribution in [2.24, 2.45) is 5.92 Å². The number of esters is 1. The molecular weight excluding hydrogens is 408 g/mol. The Balaban J connectivity index is 1.19. The summed E-state index contributed by atoms with van der Waals surface area (Å²) in [6.45, 7) is 4.35. The molecule has 0 bridgehead atoms. The van der Waals surface area contributed by atoms with Gasteiger partial charge in [-0.2, -0.15) is 0 Å². The zero-order valence-corrected chi connectivity index (χ0v) is 18.0. The lowest BCUT2D eigenvalue weighted by atomic mass is 10.1. The first-order valence-corrected chi connectivity index (χ1v) is 10.8. The summed E-state index contributed by atoms with van der Waals surface area (Å²) in [7, 11) is 0. The highest BCUT2D eigenvalue weighted by Gasteiger charge is 2.36. The maximum atomic E-state index is 12.6. The van der Waals surface area contributed by atoms with Crippen LogP contribution in [-0.4, -0.2) is 29.7 Å². The van der Waals surface area contributed by atoms with Crippen molar-refractivity contribution in [3.8, 4) is 17.1 Å². The average Bonchev–Trinajstić information content (AvgIpc) is 3.49. The van der Waals surface area contributed by atoms with Crippen molar-refractivity contribution in [1.82, 2.24) is 5.16 Å². The lowest BCUT2D eigenvalue weighted by molar-refractivity contribution is -0.149. The number of aromatic nitrogens is 1. The van der Waals surface area contributed by atoms with E-state index in [0.717, 1.165) is 34.5 Å². The molecule has 32 heavy (non-hydrogen) atoms. The van der Waals surface area contributed by atoms with E-state index in [9.17, 15) is 9.59 Å². The fraction of sp³-hybridized carbons (Fsp3) is 0.320. The predicted octanol–water partition coefficient (Wildman–Crippen LogP) is 4.07. The minimum Gasteiger partial charge on any atom is -0.490 e. The first-order chi connectivity index (χ1) is 15.5. The Bertz CT molecular complexity index is 1170. The molecule has 2 aliphatic heterocycles. The average molecular weight is 432 g/mol. The van der Waals surface area contributed by atoms with Crippen LogP contribution in [0.2, 0.25) is 0 Å². The minimum atomic E-state index is -0.492. The third-order valence-corrected chi connectivity index (χ3v) is 5.91. The summed E-state index contributed by atoms with van der Waals surface area (Å²) in [5, 5.41) is 4.02. The van der Waals surface area contributed by atoms with E-state index in [1.54, 1.807) is 11.0 Å². The Labute approximate surface area is 185 Å². The molecule has 2 atom stereocenters. The van der Waals surface area contributed by atoms with Gasteiger partial charge in [-0.05, 0) is 49.7 Å². The van der Waals surface area contributed by atoms with Gasteiger partial charge in [0.25, 0.3) is 0 Å². The van der Waals surface area contributed by atoms with Crippen molar-refractivity contribution >= 4 is 17.6 Å². The van der Waals surface area contributed by atoms with Crippen LogP contribution in [0, 0.1) is 12.8 Å². The molecule has 3 heterocycles. The van der Waals surface area contributed by atoms with Gasteiger partial charge in [-0.15, -0.1) is 0 Å². The molecule has 2 aromatic carbocycles. The molecule has 164 valence electrons. The molecule has 5 rings (SSSR count). The monoisotopic (exact) mass is 432 g/mol. The Morgan fingerprint density at radius 2 is 1.97 bits per heavy atom. The molecule has 0 N–H and O–H groups in total. The van der Waals surface area contributed by atoms with Crippen molar-refractivity contribution in [2.45, 2.75) is 39.4 Å². The third-order valence-electron chi connectivity index (χ3n) is 5.91. The highest BCUT2D eigenvalue weighted by molar-refractivity contribution is 5.99. The summed E-state index contributed by atoms with van der Waals surface area (Å²) >= 11 is 0. The highest BCUT2D eigenvalue weighted by atomic mass is 16.5. The van der Waals surface area contributed by atoms with E-state index in [1.165, 1.54) is 0 Å². The van der Waals surface area contributed by atoms with Gasteiger partial charge in [0.15, 0.2) is 5.76 Å². The number of nitrogens with zero attached hydrogens (tertiary/aromatic N) is 2. The van der Waals surface area contributed by atoms with E-state index >= 15 is 0 Å². The Morgan fingerprint density at radius 1 is 1.16 bits per heavy atom. The zero-order valence-electron chi connectivity index (χ0n) is 18.0. The number of hydrogen-bond donors (Lipinski definition) is 0. The molecule has 0 aliphatic carbocycles. The molecule has 2 aliphatic rings. The van der Waals surface area contributed by atoms with Gasteiger partial charge in [0.05, 0.1) is 5.92 Å². The summed E-state index contributed by atoms with van der Waals surface area (Å²) in [6.07, 6.45) is 1.18. The number of aryl methyl sites for hydroxylation is 1. The predicted molar refractivity (Wildman–Crippen MR) is 117 cm³/mol. The normalized spacial score (nSPS) is 19.7. The first-order valence-electron chi connectivity index (χ1n) is 10.8. The van der Waals surface area contributed by atoms with Crippen molar-refractivity contribution in [3.05, 3.63) is 65.4 Å². The van der Waals surface area contributed by atoms with Gasteiger partial charge < -0.3 is 18.9 Å². The first kappa shape index (κ1) is 20.3. The van der Waals surface area contributed by atoms with Crippen LogP contribution in [0.25, 0.3) is 11.3 Å². The second-order valence-corrected chi connectivity index (χ2v) is 8.49. The van der Waals surface area contributed by atoms with Gasteiger partial charge in [-0.25, -0.2) is 0 Å². The highest BCUT2D eigenvalue weighted by Crippen LogP contribution is 2.33. The zero-order chi connectivity index (χ0) is 22.2. The summed E-state index contributed by atoms with van der Waals surface area (Å²) in [5.41, 5.74) is 4.49. The quantitative estimate of drug-likeness (QED) is 0.566. The number of amides is 1. The van der Waals surface area contributed by atoms with Crippen LogP contribution in [0.1, 0.15) is 30.2 Å². The number of benzene rings is 2. The number of rotatable bonds is 5. The van der Waals surface area contributed by atoms with Crippen molar-refractivity contribution in [1.29, 1.82) is 0 Å². The van der Waals surface area contributed by atoms with Gasteiger partial charge in [-0.3, -0.25) is 9.59 Å². The van der Waals surface area contributed by atoms with Crippen molar-refractivity contribution < 1.29 is 23.6 Å². The van der Waals surface area contributed by atoms with Crippen molar-refractivity contribution in [2.75, 3.05) is 11.4 Å². The lowest BCUT2D eigenvalue weighted by Gasteiger charge is -2.16. The molecule has 3 aromatic rings. The topological polar surface area (TPSA) is 81.9 Å². The smallest absolute Gasteiger partial charge is 0.311 e. The molecule has 7 nitrogen and oxygen atoms in total. The van der Waals surface area contributed by atoms with E-state index in [4.69, 9.17) is 14.0 Å². The molecular formula is C25H24N2O5. The van der Waals surface area contributed by atoms with Crippen LogP contribution in [0.15, 0.2) is 53.1 Å². The Morgan fingerprint density at radius 3 is 2.78 bits per heavy atom. The van der Waals surface area contributed by atoms with E-state index in [0.29, 0.717) is 18.0 Å². The van der Waals surface area contributed by atoms with Crippen LogP contribution in [-0.2, 0) is 27.4 Å². The summed E-state index contributed by atoms with van der Waals surface area (Å²) in [5.74, 6) is 0.546. The van der Waals surface area contributed by atoms with E-state index in [1.807, 2.05) is 56.3 Å². The molecule has 0 radical (unpaired) electrons. The fourth-order valence-corrected chi connectivity index (χ4v) is 4.19. The Kier molecular flexibility index (Phi) is 5.17. The van der Waals surface area contributed by atoms with Crippen LogP contribution < -0.4 is 9.64 Å². The maximum Gasteiger partial charge on any atom is 0.311 e. The summed E-state index contributed by atoms with van der Waals surface area (Å²) in [4.78, 5) is 26.6. The molecule has 0 saturated carbocycles. The maximum absolute atomic E-state index is 12.6. The fourth-order valence-electron chi connectivity index (χ4n) is 4.19. The van der Waals surface area contributed by atoms with Crippen LogP contribution in [0.5, 0.6) is 5.75 Å². The second-order valence-electron chi connectivity index (χ2n) is 8.49. The number of anilines is 1. The molecule has 2 unspecified atom stereocenters. The van der Waals surface area contributed by atoms with E-state index < -0.39 is 11.9 Å². The van der Waals surface area contributed by atoms with E-state index in [2.05, 4.69) is 5.16 Å². The van der Waals surface area contributed by atoms with Crippen molar-refractivity contribution in [3.63, 3.8) is 0 Å². The standard InChI is InChI=1S/C25H24N2O5/c1-15-3-6-21(7-4-15)27-13-19(11-24(27)28)25(29)30-14-20-12-23(32-26-20)17-5-8-22-18(10-17)9-16(2)31-22/h3-8,10,12,16,19H,9,11,13-14H2,1-2H3. The molecule has 1 aromatic heterocycles. The number of carbonyl (C=O) groups excluding carboxylic acids is 2. The second kappa shape index (κ2) is 8.15. The Hall–Kier alpha value is -3.61. The SMILES string of the molecule is Cc1ccc(N2CC(C(=O)OCc3cc(-c4ccc5c(c4)CC(C)O5)on3)CC2=O)cc1.